The molecule has 1 aromatic heterocycles. The maximum absolute atomic E-state index is 13.7. The molecule has 40 heavy (non-hydrogen) atoms. The van der Waals surface area contributed by atoms with Crippen LogP contribution in [0.25, 0.3) is 11.0 Å². The van der Waals surface area contributed by atoms with Gasteiger partial charge in [-0.25, -0.2) is 9.78 Å². The lowest BCUT2D eigenvalue weighted by Crippen LogP contribution is -2.47. The molecule has 10 nitrogen and oxygen atoms in total. The number of imidazole rings is 1. The standard InChI is InChI=1S/C30H37N5O5/c1-39-16-6-15-35-26-9-4-3-8-25(26)32-27(35)22-7-5-14-33(17-22)29(37)23-18-34(19-24(23)31)28(36)20-10-12-21(13-11-20)30(38)40-2/h3-4,8-13,22-24H,5-7,14-19,31H2,1-2H3/t22?,23-,24-/m1/s1. The van der Waals surface area contributed by atoms with Gasteiger partial charge in [-0.05, 0) is 55.7 Å². The number of nitrogens with zero attached hydrogens (tertiary/aromatic N) is 4. The normalized spacial score (nSPS) is 21.1. The number of carbonyl (C=O) groups is 3. The van der Waals surface area contributed by atoms with Crippen LogP contribution in [-0.4, -0.2) is 90.2 Å². The molecule has 3 atom stereocenters. The number of aryl methyl sites for hydroxylation is 1. The number of hydrogen-bond acceptors (Lipinski definition) is 7. The van der Waals surface area contributed by atoms with Gasteiger partial charge in [-0.1, -0.05) is 12.1 Å². The first-order chi connectivity index (χ1) is 19.4. The number of amides is 2. The van der Waals surface area contributed by atoms with Crippen molar-refractivity contribution in [2.24, 2.45) is 11.7 Å². The highest BCUT2D eigenvalue weighted by Gasteiger charge is 2.41. The first kappa shape index (κ1) is 27.8. The summed E-state index contributed by atoms with van der Waals surface area (Å²) in [5, 5.41) is 0. The maximum atomic E-state index is 13.7. The van der Waals surface area contributed by atoms with Crippen molar-refractivity contribution in [1.82, 2.24) is 19.4 Å². The van der Waals surface area contributed by atoms with Crippen LogP contribution >= 0.6 is 0 Å². The van der Waals surface area contributed by atoms with Crippen LogP contribution in [0, 0.1) is 5.92 Å². The number of carbonyl (C=O) groups excluding carboxylic acids is 3. The monoisotopic (exact) mass is 547 g/mol. The van der Waals surface area contributed by atoms with Crippen LogP contribution in [-0.2, 0) is 20.8 Å². The average molecular weight is 548 g/mol. The molecule has 2 aromatic carbocycles. The van der Waals surface area contributed by atoms with Gasteiger partial charge in [-0.2, -0.15) is 0 Å². The lowest BCUT2D eigenvalue weighted by Gasteiger charge is -2.35. The van der Waals surface area contributed by atoms with Crippen molar-refractivity contribution in [3.63, 3.8) is 0 Å². The Hall–Kier alpha value is -3.76. The number of para-hydroxylation sites is 2. The maximum Gasteiger partial charge on any atom is 0.337 e. The molecule has 0 saturated carbocycles. The number of rotatable bonds is 8. The molecular formula is C30H37N5O5. The molecule has 0 bridgehead atoms. The number of hydrogen-bond donors (Lipinski definition) is 1. The quantitative estimate of drug-likeness (QED) is 0.340. The third kappa shape index (κ3) is 5.59. The van der Waals surface area contributed by atoms with Gasteiger partial charge in [0.2, 0.25) is 5.91 Å². The smallest absolute Gasteiger partial charge is 0.337 e. The lowest BCUT2D eigenvalue weighted by atomic mass is 9.94. The fraction of sp³-hybridized carbons (Fsp3) is 0.467. The Morgan fingerprint density at radius 2 is 1.73 bits per heavy atom. The van der Waals surface area contributed by atoms with Gasteiger partial charge in [-0.3, -0.25) is 9.59 Å². The zero-order chi connectivity index (χ0) is 28.2. The fourth-order valence-corrected chi connectivity index (χ4v) is 5.94. The van der Waals surface area contributed by atoms with Crippen molar-refractivity contribution in [3.05, 3.63) is 65.5 Å². The molecule has 0 spiro atoms. The molecule has 2 aliphatic rings. The summed E-state index contributed by atoms with van der Waals surface area (Å²) in [5.74, 6) is 0.00362. The highest BCUT2D eigenvalue weighted by atomic mass is 16.5. The number of piperidine rings is 1. The molecule has 0 radical (unpaired) electrons. The summed E-state index contributed by atoms with van der Waals surface area (Å²) in [7, 11) is 3.02. The molecule has 3 heterocycles. The molecule has 2 N–H and O–H groups in total. The lowest BCUT2D eigenvalue weighted by molar-refractivity contribution is -0.136. The molecule has 2 saturated heterocycles. The molecule has 0 aliphatic carbocycles. The summed E-state index contributed by atoms with van der Waals surface area (Å²) >= 11 is 0. The van der Waals surface area contributed by atoms with Gasteiger partial charge in [0.25, 0.3) is 5.91 Å². The second kappa shape index (κ2) is 12.2. The minimum Gasteiger partial charge on any atom is -0.465 e. The minimum absolute atomic E-state index is 0.00409. The first-order valence-corrected chi connectivity index (χ1v) is 13.9. The summed E-state index contributed by atoms with van der Waals surface area (Å²) in [5.41, 5.74) is 9.31. The molecule has 2 aliphatic heterocycles. The molecule has 2 amide bonds. The van der Waals surface area contributed by atoms with E-state index in [1.807, 2.05) is 23.1 Å². The Morgan fingerprint density at radius 1 is 0.975 bits per heavy atom. The van der Waals surface area contributed by atoms with E-state index in [2.05, 4.69) is 10.6 Å². The first-order valence-electron chi connectivity index (χ1n) is 13.9. The molecule has 1 unspecified atom stereocenters. The van der Waals surface area contributed by atoms with Crippen LogP contribution in [0.3, 0.4) is 0 Å². The predicted octanol–water partition coefficient (Wildman–Crippen LogP) is 2.66. The highest BCUT2D eigenvalue weighted by Crippen LogP contribution is 2.31. The molecule has 10 heteroatoms. The van der Waals surface area contributed by atoms with Crippen molar-refractivity contribution >= 4 is 28.8 Å². The topological polar surface area (TPSA) is 120 Å². The average Bonchev–Trinajstić information content (AvgIpc) is 3.57. The van der Waals surface area contributed by atoms with Gasteiger partial charge < -0.3 is 29.6 Å². The van der Waals surface area contributed by atoms with E-state index in [-0.39, 0.29) is 24.3 Å². The molecule has 212 valence electrons. The fourth-order valence-electron chi connectivity index (χ4n) is 5.94. The van der Waals surface area contributed by atoms with Gasteiger partial charge in [0.05, 0.1) is 29.6 Å². The summed E-state index contributed by atoms with van der Waals surface area (Å²) in [6.07, 6.45) is 2.72. The van der Waals surface area contributed by atoms with Crippen molar-refractivity contribution < 1.29 is 23.9 Å². The molecular weight excluding hydrogens is 510 g/mol. The van der Waals surface area contributed by atoms with Crippen LogP contribution in [0.1, 0.15) is 51.7 Å². The summed E-state index contributed by atoms with van der Waals surface area (Å²) in [6.45, 7) is 3.31. The molecule has 2 fully saturated rings. The van der Waals surface area contributed by atoms with E-state index >= 15 is 0 Å². The zero-order valence-electron chi connectivity index (χ0n) is 23.1. The SMILES string of the molecule is COCCCn1c(C2CCCN(C(=O)[C@@H]3CN(C(=O)c4ccc(C(=O)OC)cc4)C[C@H]3N)C2)nc2ccccc21. The highest BCUT2D eigenvalue weighted by molar-refractivity contribution is 5.97. The van der Waals surface area contributed by atoms with E-state index in [9.17, 15) is 14.4 Å². The number of nitrogens with two attached hydrogens (primary N) is 1. The number of likely N-dealkylation sites (tertiary alicyclic amines) is 2. The van der Waals surface area contributed by atoms with Crippen LogP contribution in [0.4, 0.5) is 0 Å². The van der Waals surface area contributed by atoms with Crippen LogP contribution in [0.2, 0.25) is 0 Å². The van der Waals surface area contributed by atoms with E-state index in [1.165, 1.54) is 7.11 Å². The molecule has 3 aromatic rings. The van der Waals surface area contributed by atoms with Crippen LogP contribution in [0.15, 0.2) is 48.5 Å². The van der Waals surface area contributed by atoms with Crippen molar-refractivity contribution in [2.45, 2.75) is 37.8 Å². The zero-order valence-corrected chi connectivity index (χ0v) is 23.1. The van der Waals surface area contributed by atoms with E-state index in [0.717, 1.165) is 42.7 Å². The summed E-state index contributed by atoms with van der Waals surface area (Å²) in [6, 6.07) is 14.0. The Bertz CT molecular complexity index is 1370. The van der Waals surface area contributed by atoms with Gasteiger partial charge in [0.15, 0.2) is 0 Å². The van der Waals surface area contributed by atoms with Crippen molar-refractivity contribution in [2.75, 3.05) is 47.0 Å². The van der Waals surface area contributed by atoms with E-state index < -0.39 is 17.9 Å². The summed E-state index contributed by atoms with van der Waals surface area (Å²) in [4.78, 5) is 47.1. The number of ether oxygens (including phenoxy) is 2. The van der Waals surface area contributed by atoms with Gasteiger partial charge in [-0.15, -0.1) is 0 Å². The number of aromatic nitrogens is 2. The minimum atomic E-state index is -0.461. The van der Waals surface area contributed by atoms with Crippen LogP contribution in [0.5, 0.6) is 0 Å². The van der Waals surface area contributed by atoms with Gasteiger partial charge >= 0.3 is 5.97 Å². The van der Waals surface area contributed by atoms with Crippen molar-refractivity contribution in [3.8, 4) is 0 Å². The van der Waals surface area contributed by atoms with E-state index in [0.29, 0.717) is 37.4 Å². The van der Waals surface area contributed by atoms with Crippen molar-refractivity contribution in [1.29, 1.82) is 0 Å². The second-order valence-electron chi connectivity index (χ2n) is 10.6. The Morgan fingerprint density at radius 3 is 2.48 bits per heavy atom. The van der Waals surface area contributed by atoms with E-state index in [4.69, 9.17) is 20.2 Å². The Kier molecular flexibility index (Phi) is 8.46. The number of methoxy groups -OCH3 is 2. The molecule has 5 rings (SSSR count). The predicted molar refractivity (Wildman–Crippen MR) is 150 cm³/mol. The third-order valence-electron chi connectivity index (χ3n) is 8.03. The Labute approximate surface area is 234 Å². The number of esters is 1. The van der Waals surface area contributed by atoms with E-state index in [1.54, 1.807) is 36.3 Å². The second-order valence-corrected chi connectivity index (χ2v) is 10.6. The van der Waals surface area contributed by atoms with Gasteiger partial charge in [0.1, 0.15) is 5.82 Å². The van der Waals surface area contributed by atoms with Gasteiger partial charge in [0, 0.05) is 64.0 Å². The Balaban J connectivity index is 1.28. The number of benzene rings is 2. The summed E-state index contributed by atoms with van der Waals surface area (Å²) < 4.78 is 12.3. The van der Waals surface area contributed by atoms with Crippen LogP contribution < -0.4 is 5.73 Å². The third-order valence-corrected chi connectivity index (χ3v) is 8.03. The number of fused-ring (bicyclic) bond motifs is 1. The largest absolute Gasteiger partial charge is 0.465 e.